The Kier molecular flexibility index (Phi) is 14.4. The minimum absolute atomic E-state index is 0.642. The zero-order valence-electron chi connectivity index (χ0n) is 14.7. The lowest BCUT2D eigenvalue weighted by Crippen LogP contribution is -2.02. The van der Waals surface area contributed by atoms with Crippen LogP contribution in [0.4, 0.5) is 51.8 Å². The van der Waals surface area contributed by atoms with Gasteiger partial charge >= 0.3 is 21.8 Å². The van der Waals surface area contributed by atoms with E-state index < -0.39 is 21.8 Å². The Morgan fingerprint density at radius 3 is 0.852 bits per heavy atom. The monoisotopic (exact) mass is 423 g/mol. The molecule has 0 aliphatic rings. The third-order valence-corrected chi connectivity index (χ3v) is 2.24. The molecule has 0 radical (unpaired) electrons. The molecule has 0 saturated heterocycles. The molecule has 0 amide bonds. The van der Waals surface area contributed by atoms with E-state index >= 15 is 0 Å². The summed E-state index contributed by atoms with van der Waals surface area (Å²) in [6.07, 6.45) is 0. The molecule has 1 aromatic carbocycles. The van der Waals surface area contributed by atoms with Gasteiger partial charge in [0.2, 0.25) is 0 Å². The van der Waals surface area contributed by atoms with E-state index in [0.717, 1.165) is 0 Å². The van der Waals surface area contributed by atoms with Crippen molar-refractivity contribution in [3.63, 3.8) is 0 Å². The number of rotatable bonds is 2. The fraction of sp³-hybridized carbons (Fsp3) is 0.500. The van der Waals surface area contributed by atoms with Crippen molar-refractivity contribution in [1.82, 2.24) is 0 Å². The topological polar surface area (TPSA) is 0 Å². The largest absolute Gasteiger partial charge is 0.673 e. The molecule has 0 N–H and O–H groups in total. The molecule has 0 bridgehead atoms. The lowest BCUT2D eigenvalue weighted by Gasteiger charge is -2.09. The summed E-state index contributed by atoms with van der Waals surface area (Å²) < 4.78 is 117. The molecular formula is C12H18B3F12-3. The van der Waals surface area contributed by atoms with Gasteiger partial charge in [-0.25, -0.2) is 0 Å². The van der Waals surface area contributed by atoms with E-state index in [4.69, 9.17) is 0 Å². The van der Waals surface area contributed by atoms with Crippen LogP contribution in [0.2, 0.25) is 0 Å². The summed E-state index contributed by atoms with van der Waals surface area (Å²) in [5.74, 6) is 1.28. The minimum atomic E-state index is -6.00. The van der Waals surface area contributed by atoms with Crippen LogP contribution in [0.15, 0.2) is 24.3 Å². The fourth-order valence-electron chi connectivity index (χ4n) is 1.28. The van der Waals surface area contributed by atoms with Crippen LogP contribution in [-0.2, 0) is 0 Å². The third kappa shape index (κ3) is 45.6. The Balaban J connectivity index is -0.000000323. The first-order valence-corrected chi connectivity index (χ1v) is 7.33. The van der Waals surface area contributed by atoms with Crippen molar-refractivity contribution in [2.24, 2.45) is 0 Å². The first kappa shape index (κ1) is 30.3. The van der Waals surface area contributed by atoms with E-state index in [1.54, 1.807) is 0 Å². The molecule has 0 aromatic heterocycles. The molecule has 1 rings (SSSR count). The Morgan fingerprint density at radius 1 is 0.519 bits per heavy atom. The van der Waals surface area contributed by atoms with Crippen LogP contribution in [0.5, 0.6) is 0 Å². The van der Waals surface area contributed by atoms with Crippen molar-refractivity contribution >= 4 is 21.8 Å². The SMILES string of the molecule is CC(C)c1cccc(C(C)C)c1.F[B-](F)(F)F.F[B-](F)(F)F.F[B-](F)(F)F. The molecule has 1 aromatic rings. The summed E-state index contributed by atoms with van der Waals surface area (Å²) in [5, 5.41) is 0. The Labute approximate surface area is 149 Å². The van der Waals surface area contributed by atoms with Gasteiger partial charge in [-0.3, -0.25) is 0 Å². The van der Waals surface area contributed by atoms with Crippen LogP contribution in [-0.4, -0.2) is 21.8 Å². The highest BCUT2D eigenvalue weighted by molar-refractivity contribution is 6.50. The average Bonchev–Trinajstić information content (AvgIpc) is 2.32. The Morgan fingerprint density at radius 2 is 0.704 bits per heavy atom. The van der Waals surface area contributed by atoms with Crippen LogP contribution in [0, 0.1) is 0 Å². The minimum Gasteiger partial charge on any atom is -0.418 e. The normalized spacial score (nSPS) is 11.6. The maximum absolute atomic E-state index is 9.75. The van der Waals surface area contributed by atoms with Gasteiger partial charge in [-0.15, -0.1) is 0 Å². The Bertz CT molecular complexity index is 424. The van der Waals surface area contributed by atoms with Gasteiger partial charge in [0.05, 0.1) is 0 Å². The zero-order valence-corrected chi connectivity index (χ0v) is 14.7. The van der Waals surface area contributed by atoms with E-state index in [2.05, 4.69) is 52.0 Å². The van der Waals surface area contributed by atoms with Gasteiger partial charge in [0.25, 0.3) is 0 Å². The van der Waals surface area contributed by atoms with Crippen LogP contribution in [0.25, 0.3) is 0 Å². The smallest absolute Gasteiger partial charge is 0.418 e. The number of halogens is 12. The van der Waals surface area contributed by atoms with Gasteiger partial charge < -0.3 is 51.8 Å². The summed E-state index contributed by atoms with van der Waals surface area (Å²) in [5.41, 5.74) is 2.89. The highest BCUT2D eigenvalue weighted by Crippen LogP contribution is 2.20. The number of hydrogen-bond acceptors (Lipinski definition) is 0. The summed E-state index contributed by atoms with van der Waals surface area (Å²) in [6.45, 7) is 8.94. The van der Waals surface area contributed by atoms with Crippen LogP contribution in [0.3, 0.4) is 0 Å². The highest BCUT2D eigenvalue weighted by Gasteiger charge is 2.21. The second kappa shape index (κ2) is 12.9. The molecule has 162 valence electrons. The second-order valence-corrected chi connectivity index (χ2v) is 5.46. The molecule has 0 spiro atoms. The third-order valence-electron chi connectivity index (χ3n) is 2.24. The molecule has 0 aliphatic carbocycles. The predicted molar refractivity (Wildman–Crippen MR) is 85.2 cm³/mol. The predicted octanol–water partition coefficient (Wildman–Crippen LogP) is 7.83. The van der Waals surface area contributed by atoms with Crippen molar-refractivity contribution in [2.75, 3.05) is 0 Å². The highest BCUT2D eigenvalue weighted by atomic mass is 19.5. The van der Waals surface area contributed by atoms with Crippen LogP contribution >= 0.6 is 0 Å². The fourth-order valence-corrected chi connectivity index (χ4v) is 1.28. The van der Waals surface area contributed by atoms with Crippen molar-refractivity contribution in [1.29, 1.82) is 0 Å². The first-order chi connectivity index (χ1) is 11.6. The van der Waals surface area contributed by atoms with Crippen molar-refractivity contribution < 1.29 is 51.8 Å². The van der Waals surface area contributed by atoms with Gasteiger partial charge in [0.1, 0.15) is 0 Å². The molecule has 27 heavy (non-hydrogen) atoms. The second-order valence-electron chi connectivity index (χ2n) is 5.46. The molecule has 0 unspecified atom stereocenters. The van der Waals surface area contributed by atoms with E-state index in [1.165, 1.54) is 11.1 Å². The van der Waals surface area contributed by atoms with Crippen LogP contribution in [0.1, 0.15) is 50.7 Å². The van der Waals surface area contributed by atoms with E-state index in [1.807, 2.05) is 0 Å². The molecule has 0 fully saturated rings. The van der Waals surface area contributed by atoms with Crippen LogP contribution < -0.4 is 0 Å². The number of hydrogen-bond donors (Lipinski definition) is 0. The maximum atomic E-state index is 9.75. The van der Waals surface area contributed by atoms with Crippen molar-refractivity contribution in [3.05, 3.63) is 35.4 Å². The van der Waals surface area contributed by atoms with E-state index in [9.17, 15) is 51.8 Å². The van der Waals surface area contributed by atoms with Crippen molar-refractivity contribution in [2.45, 2.75) is 39.5 Å². The lowest BCUT2D eigenvalue weighted by atomic mass is 9.96. The standard InChI is InChI=1S/C12H18.3BF4/c1-9(2)11-6-5-7-12(8-11)10(3)4;3*2-1(3,4)5/h5-10H,1-4H3;;;/q;3*-1. The van der Waals surface area contributed by atoms with Crippen molar-refractivity contribution in [3.8, 4) is 0 Å². The molecule has 0 nitrogen and oxygen atoms in total. The molecule has 0 saturated carbocycles. The summed E-state index contributed by atoms with van der Waals surface area (Å²) >= 11 is 0. The summed E-state index contributed by atoms with van der Waals surface area (Å²) in [6, 6.07) is 8.88. The van der Waals surface area contributed by atoms with Gasteiger partial charge in [-0.05, 0) is 23.0 Å². The van der Waals surface area contributed by atoms with Gasteiger partial charge in [0, 0.05) is 0 Å². The quantitative estimate of drug-likeness (QED) is 0.336. The van der Waals surface area contributed by atoms with Gasteiger partial charge in [-0.2, -0.15) is 0 Å². The maximum Gasteiger partial charge on any atom is 0.673 e. The van der Waals surface area contributed by atoms with E-state index in [-0.39, 0.29) is 0 Å². The molecular weight excluding hydrogens is 405 g/mol. The lowest BCUT2D eigenvalue weighted by molar-refractivity contribution is 0.366. The molecule has 15 heteroatoms. The first-order valence-electron chi connectivity index (χ1n) is 7.33. The molecule has 0 atom stereocenters. The Hall–Kier alpha value is -1.43. The van der Waals surface area contributed by atoms with Gasteiger partial charge in [-0.1, -0.05) is 52.0 Å². The summed E-state index contributed by atoms with van der Waals surface area (Å²) in [4.78, 5) is 0. The molecule has 0 aliphatic heterocycles. The average molecular weight is 423 g/mol. The summed E-state index contributed by atoms with van der Waals surface area (Å²) in [7, 11) is -18.0. The zero-order chi connectivity index (χ0) is 22.6. The van der Waals surface area contributed by atoms with E-state index in [0.29, 0.717) is 11.8 Å². The molecule has 0 heterocycles. The van der Waals surface area contributed by atoms with Gasteiger partial charge in [0.15, 0.2) is 0 Å². The number of benzene rings is 1.